The fraction of sp³-hybridized carbons (Fsp3) is 0.545. The van der Waals surface area contributed by atoms with Crippen molar-refractivity contribution < 1.29 is 14.3 Å². The van der Waals surface area contributed by atoms with E-state index in [1.807, 2.05) is 11.9 Å². The van der Waals surface area contributed by atoms with Crippen molar-refractivity contribution in [3.8, 4) is 0 Å². The predicted molar refractivity (Wildman–Crippen MR) is 56.2 cm³/mol. The molecule has 2 atom stereocenters. The number of carboxylic acids is 1. The van der Waals surface area contributed by atoms with Crippen molar-refractivity contribution in [2.75, 3.05) is 18.5 Å². The first-order chi connectivity index (χ1) is 7.08. The summed E-state index contributed by atoms with van der Waals surface area (Å²) in [5.74, 6) is 1.14. The third-order valence-corrected chi connectivity index (χ3v) is 2.96. The lowest BCUT2D eigenvalue weighted by atomic mass is 10.3. The molecule has 1 aromatic rings. The van der Waals surface area contributed by atoms with E-state index in [1.165, 1.54) is 12.5 Å². The van der Waals surface area contributed by atoms with Gasteiger partial charge in [-0.3, -0.25) is 0 Å². The van der Waals surface area contributed by atoms with E-state index in [-0.39, 0.29) is 5.76 Å². The normalized spacial score (nSPS) is 23.9. The van der Waals surface area contributed by atoms with Crippen LogP contribution in [0.3, 0.4) is 0 Å². The molecular formula is C11H15NO3. The Morgan fingerprint density at radius 1 is 1.67 bits per heavy atom. The average molecular weight is 209 g/mol. The van der Waals surface area contributed by atoms with Crippen molar-refractivity contribution in [1.29, 1.82) is 0 Å². The zero-order chi connectivity index (χ0) is 11.0. The van der Waals surface area contributed by atoms with Gasteiger partial charge in [0, 0.05) is 19.7 Å². The molecule has 0 radical (unpaired) electrons. The summed E-state index contributed by atoms with van der Waals surface area (Å²) in [4.78, 5) is 12.6. The van der Waals surface area contributed by atoms with Gasteiger partial charge in [-0.05, 0) is 24.3 Å². The van der Waals surface area contributed by atoms with Crippen LogP contribution in [0.2, 0.25) is 0 Å². The molecule has 4 heteroatoms. The van der Waals surface area contributed by atoms with Gasteiger partial charge in [0.2, 0.25) is 5.76 Å². The minimum absolute atomic E-state index is 0.000644. The lowest BCUT2D eigenvalue weighted by Crippen LogP contribution is -2.19. The Kier molecular flexibility index (Phi) is 2.42. The quantitative estimate of drug-likeness (QED) is 0.824. The molecule has 15 heavy (non-hydrogen) atoms. The van der Waals surface area contributed by atoms with Crippen molar-refractivity contribution in [3.63, 3.8) is 0 Å². The Hall–Kier alpha value is -1.45. The molecule has 1 heterocycles. The third-order valence-electron chi connectivity index (χ3n) is 2.96. The summed E-state index contributed by atoms with van der Waals surface area (Å²) in [5.41, 5.74) is 0. The van der Waals surface area contributed by atoms with Crippen molar-refractivity contribution >= 4 is 11.9 Å². The Bertz CT molecular complexity index is 372. The molecule has 1 fully saturated rings. The Morgan fingerprint density at radius 3 is 2.80 bits per heavy atom. The molecule has 0 saturated heterocycles. The van der Waals surface area contributed by atoms with E-state index < -0.39 is 5.97 Å². The monoisotopic (exact) mass is 209 g/mol. The Labute approximate surface area is 88.5 Å². The van der Waals surface area contributed by atoms with Crippen molar-refractivity contribution in [1.82, 2.24) is 0 Å². The molecule has 0 spiro atoms. The van der Waals surface area contributed by atoms with E-state index in [4.69, 9.17) is 9.52 Å². The van der Waals surface area contributed by atoms with Gasteiger partial charge in [0.1, 0.15) is 0 Å². The van der Waals surface area contributed by atoms with Gasteiger partial charge in [-0.15, -0.1) is 0 Å². The third kappa shape index (κ3) is 2.14. The van der Waals surface area contributed by atoms with Gasteiger partial charge in [0.25, 0.3) is 0 Å². The van der Waals surface area contributed by atoms with Crippen LogP contribution in [0, 0.1) is 11.8 Å². The lowest BCUT2D eigenvalue weighted by Gasteiger charge is -2.15. The van der Waals surface area contributed by atoms with Crippen LogP contribution < -0.4 is 4.90 Å². The fourth-order valence-electron chi connectivity index (χ4n) is 1.74. The maximum absolute atomic E-state index is 10.6. The SMILES string of the molecule is CC1CC1CN(C)c1ccc(C(=O)O)o1. The minimum Gasteiger partial charge on any atom is -0.475 e. The standard InChI is InChI=1S/C11H15NO3/c1-7-5-8(7)6-12(2)10-4-3-9(15-10)11(13)14/h3-4,7-8H,5-6H2,1-2H3,(H,13,14). The number of nitrogens with zero attached hydrogens (tertiary/aromatic N) is 1. The van der Waals surface area contributed by atoms with Gasteiger partial charge >= 0.3 is 5.97 Å². The second kappa shape index (κ2) is 3.61. The molecule has 82 valence electrons. The minimum atomic E-state index is -1.02. The molecule has 4 nitrogen and oxygen atoms in total. The number of hydrogen-bond acceptors (Lipinski definition) is 3. The summed E-state index contributed by atoms with van der Waals surface area (Å²) >= 11 is 0. The topological polar surface area (TPSA) is 53.7 Å². The molecule has 2 rings (SSSR count). The Balaban J connectivity index is 1.98. The van der Waals surface area contributed by atoms with E-state index in [0.29, 0.717) is 5.88 Å². The molecule has 0 bridgehead atoms. The van der Waals surface area contributed by atoms with Gasteiger partial charge in [-0.2, -0.15) is 0 Å². The van der Waals surface area contributed by atoms with Gasteiger partial charge in [0.05, 0.1) is 0 Å². The number of aromatic carboxylic acids is 1. The predicted octanol–water partition coefficient (Wildman–Crippen LogP) is 2.07. The molecule has 2 unspecified atom stereocenters. The van der Waals surface area contributed by atoms with Crippen LogP contribution in [-0.2, 0) is 0 Å². The number of rotatable bonds is 4. The maximum atomic E-state index is 10.6. The summed E-state index contributed by atoms with van der Waals surface area (Å²) < 4.78 is 5.20. The smallest absolute Gasteiger partial charge is 0.371 e. The average Bonchev–Trinajstić information content (AvgIpc) is 2.71. The van der Waals surface area contributed by atoms with E-state index in [9.17, 15) is 4.79 Å². The first-order valence-corrected chi connectivity index (χ1v) is 5.12. The molecule has 1 aliphatic rings. The Morgan fingerprint density at radius 2 is 2.33 bits per heavy atom. The molecule has 0 aliphatic heterocycles. The number of furan rings is 1. The molecular weight excluding hydrogens is 194 g/mol. The molecule has 1 N–H and O–H groups in total. The second-order valence-corrected chi connectivity index (χ2v) is 4.30. The number of carbonyl (C=O) groups is 1. The fourth-order valence-corrected chi connectivity index (χ4v) is 1.74. The highest BCUT2D eigenvalue weighted by atomic mass is 16.4. The van der Waals surface area contributed by atoms with Crippen molar-refractivity contribution in [2.24, 2.45) is 11.8 Å². The number of carboxylic acid groups (broad SMARTS) is 1. The van der Waals surface area contributed by atoms with Crippen LogP contribution in [0.4, 0.5) is 5.88 Å². The van der Waals surface area contributed by atoms with E-state index >= 15 is 0 Å². The number of anilines is 1. The lowest BCUT2D eigenvalue weighted by molar-refractivity contribution is 0.0663. The summed E-state index contributed by atoms with van der Waals surface area (Å²) in [6, 6.07) is 3.20. The molecule has 1 aromatic heterocycles. The summed E-state index contributed by atoms with van der Waals surface area (Å²) in [7, 11) is 1.93. The van der Waals surface area contributed by atoms with Crippen LogP contribution in [0.25, 0.3) is 0 Å². The van der Waals surface area contributed by atoms with Crippen LogP contribution in [0.5, 0.6) is 0 Å². The van der Waals surface area contributed by atoms with Gasteiger partial charge in [0.15, 0.2) is 5.88 Å². The van der Waals surface area contributed by atoms with Gasteiger partial charge < -0.3 is 14.4 Å². The first-order valence-electron chi connectivity index (χ1n) is 5.12. The highest BCUT2D eigenvalue weighted by Crippen LogP contribution is 2.38. The maximum Gasteiger partial charge on any atom is 0.371 e. The van der Waals surface area contributed by atoms with Crippen molar-refractivity contribution in [2.45, 2.75) is 13.3 Å². The van der Waals surface area contributed by atoms with E-state index in [0.717, 1.165) is 18.4 Å². The first kappa shape index (κ1) is 10.1. The van der Waals surface area contributed by atoms with Crippen molar-refractivity contribution in [3.05, 3.63) is 17.9 Å². The van der Waals surface area contributed by atoms with E-state index in [2.05, 4.69) is 6.92 Å². The van der Waals surface area contributed by atoms with Crippen LogP contribution in [0.1, 0.15) is 23.9 Å². The molecule has 0 amide bonds. The largest absolute Gasteiger partial charge is 0.475 e. The van der Waals surface area contributed by atoms with Gasteiger partial charge in [-0.1, -0.05) is 6.92 Å². The zero-order valence-electron chi connectivity index (χ0n) is 8.93. The highest BCUT2D eigenvalue weighted by molar-refractivity contribution is 5.84. The molecule has 1 aliphatic carbocycles. The van der Waals surface area contributed by atoms with Crippen LogP contribution in [0.15, 0.2) is 16.5 Å². The highest BCUT2D eigenvalue weighted by Gasteiger charge is 2.33. The zero-order valence-corrected chi connectivity index (χ0v) is 8.93. The number of hydrogen-bond donors (Lipinski definition) is 1. The van der Waals surface area contributed by atoms with Gasteiger partial charge in [-0.25, -0.2) is 4.79 Å². The molecule has 1 saturated carbocycles. The summed E-state index contributed by atoms with van der Waals surface area (Å²) in [5, 5.41) is 8.70. The summed E-state index contributed by atoms with van der Waals surface area (Å²) in [6.45, 7) is 3.16. The van der Waals surface area contributed by atoms with Crippen LogP contribution in [-0.4, -0.2) is 24.7 Å². The van der Waals surface area contributed by atoms with E-state index in [1.54, 1.807) is 6.07 Å². The van der Waals surface area contributed by atoms with Crippen LogP contribution >= 0.6 is 0 Å². The summed E-state index contributed by atoms with van der Waals surface area (Å²) in [6.07, 6.45) is 1.26. The second-order valence-electron chi connectivity index (χ2n) is 4.30. The molecule has 0 aromatic carbocycles.